The fourth-order valence-electron chi connectivity index (χ4n) is 3.36. The predicted octanol–water partition coefficient (Wildman–Crippen LogP) is 3.79. The summed E-state index contributed by atoms with van der Waals surface area (Å²) in [6.07, 6.45) is 9.00. The van der Waals surface area contributed by atoms with Crippen molar-refractivity contribution in [3.8, 4) is 0 Å². The molecule has 10 heteroatoms. The molecule has 2 aliphatic rings. The standard InChI is InChI=1S/C22H20ClFN6O2/c1-25-21(32)14-5-3-6-16(24)19(14)29-20-15(23)11-26-22(30-20)27-13-9-8-12-4-2-7-18(31)28-17(12)10-13/h3-6,9-11H,2,7-8H2,1H3,(H,25,32)(H,28,31)(H2,26,27,29,30). The molecule has 0 fully saturated rings. The lowest BCUT2D eigenvalue weighted by atomic mass is 10.0. The normalized spacial score (nSPS) is 15.3. The van der Waals surface area contributed by atoms with Crippen LogP contribution in [0.15, 0.2) is 59.6 Å². The molecule has 0 radical (unpaired) electrons. The van der Waals surface area contributed by atoms with Gasteiger partial charge in [0.05, 0.1) is 17.4 Å². The lowest BCUT2D eigenvalue weighted by molar-refractivity contribution is -0.120. The molecular weight excluding hydrogens is 435 g/mol. The summed E-state index contributed by atoms with van der Waals surface area (Å²) in [5.41, 5.74) is 2.56. The summed E-state index contributed by atoms with van der Waals surface area (Å²) in [4.78, 5) is 32.5. The van der Waals surface area contributed by atoms with Crippen molar-refractivity contribution in [2.24, 2.45) is 0 Å². The van der Waals surface area contributed by atoms with Gasteiger partial charge >= 0.3 is 0 Å². The Labute approximate surface area is 188 Å². The minimum absolute atomic E-state index is 0.0326. The average Bonchev–Trinajstić information content (AvgIpc) is 2.96. The first-order valence-corrected chi connectivity index (χ1v) is 10.3. The molecule has 1 aliphatic carbocycles. The number of halogens is 2. The van der Waals surface area contributed by atoms with E-state index in [2.05, 4.69) is 37.3 Å². The van der Waals surface area contributed by atoms with E-state index in [0.29, 0.717) is 25.0 Å². The highest BCUT2D eigenvalue weighted by Crippen LogP contribution is 2.29. The molecule has 1 aliphatic heterocycles. The van der Waals surface area contributed by atoms with E-state index in [1.165, 1.54) is 31.4 Å². The summed E-state index contributed by atoms with van der Waals surface area (Å²) in [5.74, 6) is -0.769. The highest BCUT2D eigenvalue weighted by atomic mass is 35.5. The van der Waals surface area contributed by atoms with Crippen molar-refractivity contribution in [1.29, 1.82) is 0 Å². The van der Waals surface area contributed by atoms with Crippen LogP contribution in [0.3, 0.4) is 0 Å². The number of aromatic nitrogens is 2. The number of fused-ring (bicyclic) bond motifs is 1. The molecule has 2 aromatic rings. The highest BCUT2D eigenvalue weighted by Gasteiger charge is 2.19. The van der Waals surface area contributed by atoms with Crippen molar-refractivity contribution in [2.75, 3.05) is 17.7 Å². The Morgan fingerprint density at radius 1 is 1.25 bits per heavy atom. The summed E-state index contributed by atoms with van der Waals surface area (Å²) < 4.78 is 14.5. The summed E-state index contributed by atoms with van der Waals surface area (Å²) >= 11 is 6.21. The predicted molar refractivity (Wildman–Crippen MR) is 120 cm³/mol. The number of anilines is 3. The highest BCUT2D eigenvalue weighted by molar-refractivity contribution is 6.33. The van der Waals surface area contributed by atoms with Gasteiger partial charge in [-0.2, -0.15) is 4.98 Å². The van der Waals surface area contributed by atoms with Crippen LogP contribution >= 0.6 is 11.6 Å². The van der Waals surface area contributed by atoms with Crippen LogP contribution in [0.25, 0.3) is 0 Å². The first-order chi connectivity index (χ1) is 15.4. The topological polar surface area (TPSA) is 108 Å². The maximum Gasteiger partial charge on any atom is 0.253 e. The molecule has 1 aromatic carbocycles. The average molecular weight is 455 g/mol. The van der Waals surface area contributed by atoms with Gasteiger partial charge in [-0.1, -0.05) is 29.8 Å². The molecule has 1 aromatic heterocycles. The zero-order valence-electron chi connectivity index (χ0n) is 17.1. The van der Waals surface area contributed by atoms with Crippen molar-refractivity contribution in [3.05, 3.63) is 76.0 Å². The van der Waals surface area contributed by atoms with Gasteiger partial charge in [0.25, 0.3) is 5.91 Å². The van der Waals surface area contributed by atoms with Crippen LogP contribution in [-0.4, -0.2) is 28.8 Å². The SMILES string of the molecule is CNC(=O)c1cccc(F)c1Nc1nc(NC2=CCC3=CCCC(=O)NC3=C2)ncc1Cl. The maximum absolute atomic E-state index is 14.5. The number of para-hydroxylation sites is 1. The third-order valence-corrected chi connectivity index (χ3v) is 5.23. The zero-order chi connectivity index (χ0) is 22.7. The van der Waals surface area contributed by atoms with E-state index in [1.54, 1.807) is 0 Å². The second kappa shape index (κ2) is 9.19. The second-order valence-electron chi connectivity index (χ2n) is 7.12. The van der Waals surface area contributed by atoms with Gasteiger partial charge in [0.15, 0.2) is 5.82 Å². The molecule has 4 rings (SSSR count). The number of nitrogens with zero attached hydrogens (tertiary/aromatic N) is 2. The molecule has 4 N–H and O–H groups in total. The van der Waals surface area contributed by atoms with E-state index in [9.17, 15) is 14.0 Å². The van der Waals surface area contributed by atoms with Crippen LogP contribution in [0.5, 0.6) is 0 Å². The number of hydrogen-bond donors (Lipinski definition) is 4. The van der Waals surface area contributed by atoms with Gasteiger partial charge in [-0.3, -0.25) is 9.59 Å². The van der Waals surface area contributed by atoms with Crippen molar-refractivity contribution >= 4 is 40.9 Å². The third-order valence-electron chi connectivity index (χ3n) is 4.95. The van der Waals surface area contributed by atoms with E-state index in [-0.39, 0.29) is 33.9 Å². The van der Waals surface area contributed by atoms with Crippen LogP contribution in [-0.2, 0) is 4.79 Å². The number of nitrogens with one attached hydrogen (secondary N) is 4. The molecule has 0 atom stereocenters. The Hall–Kier alpha value is -3.72. The summed E-state index contributed by atoms with van der Waals surface area (Å²) in [6.45, 7) is 0. The second-order valence-corrected chi connectivity index (χ2v) is 7.53. The third kappa shape index (κ3) is 4.62. The Kier molecular flexibility index (Phi) is 6.18. The van der Waals surface area contributed by atoms with Gasteiger partial charge < -0.3 is 21.3 Å². The Bertz CT molecular complexity index is 1190. The fraction of sp³-hybridized carbons (Fsp3) is 0.182. The summed E-state index contributed by atoms with van der Waals surface area (Å²) in [6, 6.07) is 4.16. The van der Waals surface area contributed by atoms with Crippen LogP contribution in [0.2, 0.25) is 5.02 Å². The van der Waals surface area contributed by atoms with E-state index in [0.717, 1.165) is 11.3 Å². The fourth-order valence-corrected chi connectivity index (χ4v) is 3.50. The molecule has 0 spiro atoms. The van der Waals surface area contributed by atoms with Crippen molar-refractivity contribution < 1.29 is 14.0 Å². The van der Waals surface area contributed by atoms with Gasteiger partial charge in [0.2, 0.25) is 11.9 Å². The summed E-state index contributed by atoms with van der Waals surface area (Å²) in [7, 11) is 1.46. The number of benzene rings is 1. The Balaban J connectivity index is 1.59. The molecule has 8 nitrogen and oxygen atoms in total. The lowest BCUT2D eigenvalue weighted by Crippen LogP contribution is -2.23. The van der Waals surface area contributed by atoms with Crippen LogP contribution < -0.4 is 21.3 Å². The molecule has 0 saturated carbocycles. The Morgan fingerprint density at radius 3 is 2.91 bits per heavy atom. The minimum Gasteiger partial charge on any atom is -0.355 e. The minimum atomic E-state index is -0.626. The zero-order valence-corrected chi connectivity index (χ0v) is 17.9. The van der Waals surface area contributed by atoms with Crippen molar-refractivity contribution in [3.63, 3.8) is 0 Å². The van der Waals surface area contributed by atoms with E-state index < -0.39 is 11.7 Å². The van der Waals surface area contributed by atoms with Gasteiger partial charge in [0.1, 0.15) is 10.8 Å². The maximum atomic E-state index is 14.5. The van der Waals surface area contributed by atoms with Crippen LogP contribution in [0.4, 0.5) is 21.8 Å². The molecular formula is C22H20ClFN6O2. The van der Waals surface area contributed by atoms with Crippen molar-refractivity contribution in [2.45, 2.75) is 19.3 Å². The van der Waals surface area contributed by atoms with Gasteiger partial charge in [-0.25, -0.2) is 9.37 Å². The first-order valence-electron chi connectivity index (χ1n) is 9.93. The van der Waals surface area contributed by atoms with Gasteiger partial charge in [-0.15, -0.1) is 0 Å². The molecule has 32 heavy (non-hydrogen) atoms. The van der Waals surface area contributed by atoms with Gasteiger partial charge in [-0.05, 0) is 36.6 Å². The monoisotopic (exact) mass is 454 g/mol. The molecule has 0 unspecified atom stereocenters. The number of allylic oxidation sites excluding steroid dienone is 4. The van der Waals surface area contributed by atoms with E-state index in [1.807, 2.05) is 12.2 Å². The number of hydrogen-bond acceptors (Lipinski definition) is 6. The van der Waals surface area contributed by atoms with E-state index >= 15 is 0 Å². The number of amides is 2. The molecule has 164 valence electrons. The smallest absolute Gasteiger partial charge is 0.253 e. The molecule has 0 saturated heterocycles. The van der Waals surface area contributed by atoms with Gasteiger partial charge in [0, 0.05) is 24.9 Å². The largest absolute Gasteiger partial charge is 0.355 e. The summed E-state index contributed by atoms with van der Waals surface area (Å²) in [5, 5.41) is 11.4. The molecule has 0 bridgehead atoms. The number of rotatable bonds is 5. The van der Waals surface area contributed by atoms with Crippen LogP contribution in [0, 0.1) is 5.82 Å². The quantitative estimate of drug-likeness (QED) is 0.547. The lowest BCUT2D eigenvalue weighted by Gasteiger charge is -2.18. The Morgan fingerprint density at radius 2 is 2.09 bits per heavy atom. The van der Waals surface area contributed by atoms with Crippen molar-refractivity contribution in [1.82, 2.24) is 20.6 Å². The first kappa shape index (κ1) is 21.5. The molecule has 2 amide bonds. The molecule has 2 heterocycles. The van der Waals surface area contributed by atoms with Crippen LogP contribution in [0.1, 0.15) is 29.6 Å². The number of carbonyl (C=O) groups is 2. The van der Waals surface area contributed by atoms with E-state index in [4.69, 9.17) is 11.6 Å². The number of carbonyl (C=O) groups excluding carboxylic acids is 2.